The second-order valence-electron chi connectivity index (χ2n) is 3.47. The van der Waals surface area contributed by atoms with Crippen LogP contribution in [0.2, 0.25) is 0 Å². The fraction of sp³-hybridized carbons (Fsp3) is 0.556. The predicted molar refractivity (Wildman–Crippen MR) is 54.9 cm³/mol. The van der Waals surface area contributed by atoms with Gasteiger partial charge in [0.05, 0.1) is 24.6 Å². The summed E-state index contributed by atoms with van der Waals surface area (Å²) in [6, 6.07) is 1.54. The van der Waals surface area contributed by atoms with Crippen LogP contribution in [0.5, 0.6) is 0 Å². The van der Waals surface area contributed by atoms with E-state index in [0.717, 1.165) is 0 Å². The Bertz CT molecular complexity index is 366. The maximum Gasteiger partial charge on any atom is 0.269 e. The van der Waals surface area contributed by atoms with Crippen LogP contribution in [0, 0.1) is 0 Å². The third kappa shape index (κ3) is 2.13. The van der Waals surface area contributed by atoms with Gasteiger partial charge in [-0.1, -0.05) is 0 Å². The molecule has 0 spiro atoms. The third-order valence-corrected chi connectivity index (χ3v) is 2.81. The van der Waals surface area contributed by atoms with E-state index in [1.165, 1.54) is 4.68 Å². The zero-order chi connectivity index (χ0) is 10.8. The summed E-state index contributed by atoms with van der Waals surface area (Å²) in [6.07, 6.45) is 1.58. The lowest BCUT2D eigenvalue weighted by atomic mass is 10.2. The van der Waals surface area contributed by atoms with Crippen LogP contribution >= 0.6 is 11.6 Å². The molecule has 1 aliphatic rings. The molecular formula is C9H12ClN3O2. The maximum absolute atomic E-state index is 11.7. The monoisotopic (exact) mass is 229 g/mol. The van der Waals surface area contributed by atoms with Crippen molar-refractivity contribution in [3.8, 4) is 0 Å². The smallest absolute Gasteiger partial charge is 0.269 e. The van der Waals surface area contributed by atoms with Crippen LogP contribution in [-0.4, -0.2) is 40.3 Å². The van der Waals surface area contributed by atoms with Crippen molar-refractivity contribution in [1.82, 2.24) is 15.1 Å². The number of amides is 1. The van der Waals surface area contributed by atoms with Gasteiger partial charge < -0.3 is 10.1 Å². The zero-order valence-corrected chi connectivity index (χ0v) is 9.07. The molecule has 0 aliphatic carbocycles. The highest BCUT2D eigenvalue weighted by Gasteiger charge is 2.28. The molecule has 0 aromatic carbocycles. The molecule has 1 aromatic heterocycles. The lowest BCUT2D eigenvalue weighted by Gasteiger charge is -2.13. The van der Waals surface area contributed by atoms with E-state index < -0.39 is 0 Å². The van der Waals surface area contributed by atoms with Gasteiger partial charge in [0, 0.05) is 13.2 Å². The molecule has 0 saturated carbocycles. The normalized spacial score (nSPS) is 25.5. The van der Waals surface area contributed by atoms with Gasteiger partial charge in [0.1, 0.15) is 5.69 Å². The molecule has 15 heavy (non-hydrogen) atoms. The average Bonchev–Trinajstić information content (AvgIpc) is 2.76. The Kier molecular flexibility index (Phi) is 2.93. The third-order valence-electron chi connectivity index (χ3n) is 2.38. The number of aryl methyl sites for hydroxylation is 1. The van der Waals surface area contributed by atoms with Gasteiger partial charge in [-0.25, -0.2) is 0 Å². The van der Waals surface area contributed by atoms with E-state index in [-0.39, 0.29) is 17.3 Å². The first kappa shape index (κ1) is 10.4. The lowest BCUT2D eigenvalue weighted by molar-refractivity contribution is 0.0920. The van der Waals surface area contributed by atoms with Crippen molar-refractivity contribution < 1.29 is 9.53 Å². The SMILES string of the molecule is Cn1nccc1C(=O)NC1COCC1Cl. The summed E-state index contributed by atoms with van der Waals surface area (Å²) in [7, 11) is 1.72. The molecule has 0 bridgehead atoms. The Morgan fingerprint density at radius 3 is 3.07 bits per heavy atom. The van der Waals surface area contributed by atoms with Gasteiger partial charge in [0.2, 0.25) is 0 Å². The quantitative estimate of drug-likeness (QED) is 0.735. The molecule has 1 amide bonds. The second kappa shape index (κ2) is 4.20. The number of rotatable bonds is 2. The Hall–Kier alpha value is -1.07. The van der Waals surface area contributed by atoms with E-state index in [1.54, 1.807) is 19.3 Å². The fourth-order valence-corrected chi connectivity index (χ4v) is 1.72. The molecule has 5 nitrogen and oxygen atoms in total. The molecule has 0 radical (unpaired) electrons. The number of nitrogens with zero attached hydrogens (tertiary/aromatic N) is 2. The van der Waals surface area contributed by atoms with Crippen LogP contribution in [0.1, 0.15) is 10.5 Å². The van der Waals surface area contributed by atoms with Gasteiger partial charge in [-0.15, -0.1) is 11.6 Å². The van der Waals surface area contributed by atoms with Crippen molar-refractivity contribution in [1.29, 1.82) is 0 Å². The minimum Gasteiger partial charge on any atom is -0.378 e. The van der Waals surface area contributed by atoms with E-state index in [2.05, 4.69) is 10.4 Å². The Morgan fingerprint density at radius 2 is 2.53 bits per heavy atom. The van der Waals surface area contributed by atoms with Gasteiger partial charge in [0.25, 0.3) is 5.91 Å². The minimum absolute atomic E-state index is 0.117. The summed E-state index contributed by atoms with van der Waals surface area (Å²) < 4.78 is 6.67. The maximum atomic E-state index is 11.7. The van der Waals surface area contributed by atoms with Crippen molar-refractivity contribution >= 4 is 17.5 Å². The summed E-state index contributed by atoms with van der Waals surface area (Å²) in [5.41, 5.74) is 0.519. The largest absolute Gasteiger partial charge is 0.378 e. The van der Waals surface area contributed by atoms with Gasteiger partial charge >= 0.3 is 0 Å². The highest BCUT2D eigenvalue weighted by atomic mass is 35.5. The average molecular weight is 230 g/mol. The van der Waals surface area contributed by atoms with Crippen LogP contribution < -0.4 is 5.32 Å². The van der Waals surface area contributed by atoms with Gasteiger partial charge in [-0.05, 0) is 6.07 Å². The molecule has 6 heteroatoms. The molecule has 82 valence electrons. The molecule has 2 heterocycles. The summed E-state index contributed by atoms with van der Waals surface area (Å²) in [6.45, 7) is 0.954. The van der Waals surface area contributed by atoms with Crippen LogP contribution in [0.3, 0.4) is 0 Å². The van der Waals surface area contributed by atoms with E-state index in [0.29, 0.717) is 18.9 Å². The number of aromatic nitrogens is 2. The van der Waals surface area contributed by atoms with E-state index >= 15 is 0 Å². The van der Waals surface area contributed by atoms with E-state index in [1.807, 2.05) is 0 Å². The Morgan fingerprint density at radius 1 is 1.73 bits per heavy atom. The van der Waals surface area contributed by atoms with Gasteiger partial charge in [0.15, 0.2) is 0 Å². The van der Waals surface area contributed by atoms with Crippen LogP contribution in [-0.2, 0) is 11.8 Å². The highest BCUT2D eigenvalue weighted by Crippen LogP contribution is 2.12. The van der Waals surface area contributed by atoms with E-state index in [4.69, 9.17) is 16.3 Å². The molecule has 1 fully saturated rings. The van der Waals surface area contributed by atoms with Crippen molar-refractivity contribution in [3.05, 3.63) is 18.0 Å². The van der Waals surface area contributed by atoms with E-state index in [9.17, 15) is 4.79 Å². The molecule has 2 atom stereocenters. The van der Waals surface area contributed by atoms with Crippen molar-refractivity contribution in [3.63, 3.8) is 0 Å². The number of hydrogen-bond donors (Lipinski definition) is 1. The summed E-state index contributed by atoms with van der Waals surface area (Å²) in [5.74, 6) is -0.170. The van der Waals surface area contributed by atoms with Gasteiger partial charge in [-0.3, -0.25) is 9.48 Å². The molecule has 1 N–H and O–H groups in total. The standard InChI is InChI=1S/C9H12ClN3O2/c1-13-8(2-3-11-13)9(14)12-7-5-15-4-6(7)10/h2-3,6-7H,4-5H2,1H3,(H,12,14). The van der Waals surface area contributed by atoms with Crippen LogP contribution in [0.15, 0.2) is 12.3 Å². The number of alkyl halides is 1. The number of carbonyl (C=O) groups is 1. The van der Waals surface area contributed by atoms with Crippen molar-refractivity contribution in [2.45, 2.75) is 11.4 Å². The van der Waals surface area contributed by atoms with Crippen LogP contribution in [0.4, 0.5) is 0 Å². The molecule has 2 rings (SSSR count). The zero-order valence-electron chi connectivity index (χ0n) is 8.31. The Labute approximate surface area is 92.4 Å². The molecule has 1 aliphatic heterocycles. The number of ether oxygens (including phenoxy) is 1. The number of carbonyl (C=O) groups excluding carboxylic acids is 1. The fourth-order valence-electron chi connectivity index (χ4n) is 1.50. The minimum atomic E-state index is -0.170. The topological polar surface area (TPSA) is 56.2 Å². The number of halogens is 1. The lowest BCUT2D eigenvalue weighted by Crippen LogP contribution is -2.41. The molecular weight excluding hydrogens is 218 g/mol. The molecule has 1 aromatic rings. The number of nitrogens with one attached hydrogen (secondary N) is 1. The highest BCUT2D eigenvalue weighted by molar-refractivity contribution is 6.21. The first-order chi connectivity index (χ1) is 7.18. The Balaban J connectivity index is 2.01. The first-order valence-electron chi connectivity index (χ1n) is 4.69. The summed E-state index contributed by atoms with van der Waals surface area (Å²) in [5, 5.41) is 6.59. The molecule has 1 saturated heterocycles. The predicted octanol–water partition coefficient (Wildman–Crippen LogP) is 0.156. The summed E-state index contributed by atoms with van der Waals surface area (Å²) >= 11 is 5.96. The number of hydrogen-bond acceptors (Lipinski definition) is 3. The second-order valence-corrected chi connectivity index (χ2v) is 4.03. The molecule has 2 unspecified atom stereocenters. The summed E-state index contributed by atoms with van der Waals surface area (Å²) in [4.78, 5) is 11.7. The van der Waals surface area contributed by atoms with Crippen LogP contribution in [0.25, 0.3) is 0 Å². The first-order valence-corrected chi connectivity index (χ1v) is 5.13. The van der Waals surface area contributed by atoms with Crippen molar-refractivity contribution in [2.75, 3.05) is 13.2 Å². The van der Waals surface area contributed by atoms with Crippen molar-refractivity contribution in [2.24, 2.45) is 7.05 Å². The van der Waals surface area contributed by atoms with Gasteiger partial charge in [-0.2, -0.15) is 5.10 Å².